The predicted molar refractivity (Wildman–Crippen MR) is 85.5 cm³/mol. The van der Waals surface area contributed by atoms with E-state index in [4.69, 9.17) is 0 Å². The molecule has 1 aromatic heterocycles. The minimum atomic E-state index is -4.51. The van der Waals surface area contributed by atoms with Crippen LogP contribution in [0.15, 0.2) is 48.7 Å². The van der Waals surface area contributed by atoms with Crippen molar-refractivity contribution < 1.29 is 18.0 Å². The van der Waals surface area contributed by atoms with Gasteiger partial charge in [0.15, 0.2) is 0 Å². The number of benzene rings is 1. The minimum absolute atomic E-state index is 0.000967. The Morgan fingerprint density at radius 3 is 2.54 bits per heavy atom. The zero-order valence-corrected chi connectivity index (χ0v) is 13.2. The van der Waals surface area contributed by atoms with E-state index < -0.39 is 17.6 Å². The van der Waals surface area contributed by atoms with Crippen LogP contribution in [0.4, 0.5) is 18.9 Å². The van der Waals surface area contributed by atoms with Crippen LogP contribution < -0.4 is 5.32 Å². The summed E-state index contributed by atoms with van der Waals surface area (Å²) < 4.78 is 38.7. The first-order chi connectivity index (χ1) is 11.4. The van der Waals surface area contributed by atoms with E-state index >= 15 is 0 Å². The molecule has 128 valence electrons. The third-order valence-electron chi connectivity index (χ3n) is 3.40. The highest BCUT2D eigenvalue weighted by atomic mass is 19.4. The van der Waals surface area contributed by atoms with E-state index in [-0.39, 0.29) is 12.2 Å². The number of anilines is 1. The molecule has 0 spiro atoms. The number of carbonyl (C=O) groups excluding carboxylic acids is 1. The molecule has 2 aromatic rings. The second-order valence-electron chi connectivity index (χ2n) is 5.40. The molecule has 7 heteroatoms. The number of nitrogens with one attached hydrogen (secondary N) is 1. The van der Waals surface area contributed by atoms with Crippen molar-refractivity contribution in [2.75, 3.05) is 25.5 Å². The fourth-order valence-corrected chi connectivity index (χ4v) is 2.20. The highest BCUT2D eigenvalue weighted by Gasteiger charge is 2.33. The van der Waals surface area contributed by atoms with Gasteiger partial charge in [-0.2, -0.15) is 13.2 Å². The Hall–Kier alpha value is -2.41. The lowest BCUT2D eigenvalue weighted by Crippen LogP contribution is -2.32. The fraction of sp³-hybridized carbons (Fsp3) is 0.294. The maximum Gasteiger partial charge on any atom is 0.418 e. The van der Waals surface area contributed by atoms with Crippen LogP contribution in [0.25, 0.3) is 0 Å². The number of likely N-dealkylation sites (N-methyl/N-ethyl adjacent to an activating group) is 1. The van der Waals surface area contributed by atoms with Crippen LogP contribution in [-0.2, 0) is 17.4 Å². The van der Waals surface area contributed by atoms with Gasteiger partial charge in [-0.15, -0.1) is 0 Å². The van der Waals surface area contributed by atoms with Gasteiger partial charge in [-0.3, -0.25) is 14.7 Å². The van der Waals surface area contributed by atoms with Crippen LogP contribution in [0, 0.1) is 0 Å². The van der Waals surface area contributed by atoms with E-state index in [0.717, 1.165) is 11.8 Å². The number of amides is 1. The maximum absolute atomic E-state index is 12.9. The third-order valence-corrected chi connectivity index (χ3v) is 3.40. The fourth-order valence-electron chi connectivity index (χ4n) is 2.20. The number of carbonyl (C=O) groups is 1. The summed E-state index contributed by atoms with van der Waals surface area (Å²) in [6.45, 7) is 0.574. The molecular formula is C17H18F3N3O. The van der Waals surface area contributed by atoms with Crippen LogP contribution in [0.3, 0.4) is 0 Å². The van der Waals surface area contributed by atoms with Gasteiger partial charge >= 0.3 is 6.18 Å². The normalized spacial score (nSPS) is 11.5. The third kappa shape index (κ3) is 5.34. The Kier molecular flexibility index (Phi) is 5.92. The van der Waals surface area contributed by atoms with Gasteiger partial charge in [-0.05, 0) is 31.3 Å². The van der Waals surface area contributed by atoms with Gasteiger partial charge in [0.1, 0.15) is 0 Å². The topological polar surface area (TPSA) is 45.2 Å². The Morgan fingerprint density at radius 1 is 1.17 bits per heavy atom. The molecule has 1 amide bonds. The first-order valence-corrected chi connectivity index (χ1v) is 7.41. The van der Waals surface area contributed by atoms with Crippen molar-refractivity contribution in [2.24, 2.45) is 0 Å². The average Bonchev–Trinajstić information content (AvgIpc) is 2.53. The standard InChI is InChI=1S/C17H18F3N3O/c1-23(11-9-13-6-4-5-10-21-13)12-16(24)22-15-8-3-2-7-14(15)17(18,19)20/h2-8,10H,9,11-12H2,1H3,(H,22,24). The van der Waals surface area contributed by atoms with Gasteiger partial charge < -0.3 is 5.32 Å². The molecule has 1 N–H and O–H groups in total. The summed E-state index contributed by atoms with van der Waals surface area (Å²) in [5.74, 6) is -0.491. The van der Waals surface area contributed by atoms with Crippen molar-refractivity contribution in [3.05, 3.63) is 59.9 Å². The Balaban J connectivity index is 1.89. The van der Waals surface area contributed by atoms with Crippen LogP contribution in [-0.4, -0.2) is 35.9 Å². The lowest BCUT2D eigenvalue weighted by atomic mass is 10.1. The Labute approximate surface area is 138 Å². The Bertz CT molecular complexity index is 674. The summed E-state index contributed by atoms with van der Waals surface area (Å²) in [6.07, 6.45) is -2.16. The molecular weight excluding hydrogens is 319 g/mol. The molecule has 0 atom stereocenters. The van der Waals surface area contributed by atoms with Gasteiger partial charge in [-0.25, -0.2) is 0 Å². The number of aromatic nitrogens is 1. The van der Waals surface area contributed by atoms with Crippen molar-refractivity contribution in [2.45, 2.75) is 12.6 Å². The van der Waals surface area contributed by atoms with Gasteiger partial charge in [0.2, 0.25) is 5.91 Å². The molecule has 1 aromatic carbocycles. The summed E-state index contributed by atoms with van der Waals surface area (Å²) in [4.78, 5) is 17.9. The molecule has 0 bridgehead atoms. The summed E-state index contributed by atoms with van der Waals surface area (Å²) in [7, 11) is 1.73. The number of para-hydroxylation sites is 1. The molecule has 24 heavy (non-hydrogen) atoms. The first kappa shape index (κ1) is 17.9. The van der Waals surface area contributed by atoms with E-state index in [9.17, 15) is 18.0 Å². The van der Waals surface area contributed by atoms with Gasteiger partial charge in [0.25, 0.3) is 0 Å². The molecule has 0 aliphatic carbocycles. The number of hydrogen-bond donors (Lipinski definition) is 1. The molecule has 4 nitrogen and oxygen atoms in total. The smallest absolute Gasteiger partial charge is 0.324 e. The molecule has 0 fully saturated rings. The number of nitrogens with zero attached hydrogens (tertiary/aromatic N) is 2. The molecule has 0 radical (unpaired) electrons. The summed E-state index contributed by atoms with van der Waals surface area (Å²) in [6, 6.07) is 10.5. The SMILES string of the molecule is CN(CCc1ccccn1)CC(=O)Nc1ccccc1C(F)(F)F. The second kappa shape index (κ2) is 7.92. The zero-order valence-electron chi connectivity index (χ0n) is 13.2. The number of alkyl halides is 3. The van der Waals surface area contributed by atoms with Crippen molar-refractivity contribution in [1.29, 1.82) is 0 Å². The van der Waals surface area contributed by atoms with E-state index in [1.165, 1.54) is 18.2 Å². The lowest BCUT2D eigenvalue weighted by Gasteiger charge is -2.17. The molecule has 2 rings (SSSR count). The van der Waals surface area contributed by atoms with E-state index in [0.29, 0.717) is 13.0 Å². The average molecular weight is 337 g/mol. The molecule has 0 aliphatic rings. The van der Waals surface area contributed by atoms with Crippen LogP contribution in [0.2, 0.25) is 0 Å². The first-order valence-electron chi connectivity index (χ1n) is 7.41. The van der Waals surface area contributed by atoms with Crippen LogP contribution >= 0.6 is 0 Å². The van der Waals surface area contributed by atoms with E-state index in [2.05, 4.69) is 10.3 Å². The molecule has 0 unspecified atom stereocenters. The Morgan fingerprint density at radius 2 is 1.88 bits per heavy atom. The molecule has 0 saturated carbocycles. The predicted octanol–water partition coefficient (Wildman–Crippen LogP) is 3.21. The zero-order chi connectivity index (χ0) is 17.6. The van der Waals surface area contributed by atoms with Crippen molar-refractivity contribution in [3.8, 4) is 0 Å². The second-order valence-corrected chi connectivity index (χ2v) is 5.40. The van der Waals surface area contributed by atoms with Crippen LogP contribution in [0.5, 0.6) is 0 Å². The maximum atomic E-state index is 12.9. The minimum Gasteiger partial charge on any atom is -0.324 e. The van der Waals surface area contributed by atoms with Gasteiger partial charge in [0, 0.05) is 24.9 Å². The highest BCUT2D eigenvalue weighted by Crippen LogP contribution is 2.34. The van der Waals surface area contributed by atoms with Crippen molar-refractivity contribution in [1.82, 2.24) is 9.88 Å². The van der Waals surface area contributed by atoms with Crippen molar-refractivity contribution in [3.63, 3.8) is 0 Å². The monoisotopic (exact) mass is 337 g/mol. The molecule has 1 heterocycles. The highest BCUT2D eigenvalue weighted by molar-refractivity contribution is 5.93. The summed E-state index contributed by atoms with van der Waals surface area (Å²) in [5.41, 5.74) is -0.185. The quantitative estimate of drug-likeness (QED) is 0.880. The largest absolute Gasteiger partial charge is 0.418 e. The summed E-state index contributed by atoms with van der Waals surface area (Å²) in [5, 5.41) is 2.33. The van der Waals surface area contributed by atoms with E-state index in [1.807, 2.05) is 18.2 Å². The number of hydrogen-bond acceptors (Lipinski definition) is 3. The van der Waals surface area contributed by atoms with Gasteiger partial charge in [0.05, 0.1) is 17.8 Å². The molecule has 0 aliphatic heterocycles. The number of rotatable bonds is 6. The van der Waals surface area contributed by atoms with Crippen LogP contribution in [0.1, 0.15) is 11.3 Å². The number of pyridine rings is 1. The number of halogens is 3. The van der Waals surface area contributed by atoms with Gasteiger partial charge in [-0.1, -0.05) is 18.2 Å². The summed E-state index contributed by atoms with van der Waals surface area (Å²) >= 11 is 0. The van der Waals surface area contributed by atoms with E-state index in [1.54, 1.807) is 18.1 Å². The molecule has 0 saturated heterocycles. The van der Waals surface area contributed by atoms with Crippen molar-refractivity contribution >= 4 is 11.6 Å². The lowest BCUT2D eigenvalue weighted by molar-refractivity contribution is -0.137.